The lowest BCUT2D eigenvalue weighted by atomic mass is 9.92. The maximum atomic E-state index is 3.68. The van der Waals surface area contributed by atoms with Gasteiger partial charge in [-0.3, -0.25) is 0 Å². The average molecular weight is 419 g/mol. The third-order valence-electron chi connectivity index (χ3n) is 5.75. The summed E-state index contributed by atoms with van der Waals surface area (Å²) >= 11 is 0. The Kier molecular flexibility index (Phi) is 8.60. The lowest BCUT2D eigenvalue weighted by Gasteiger charge is -2.21. The zero-order chi connectivity index (χ0) is 23.3. The first-order valence-corrected chi connectivity index (χ1v) is 11.8. The normalized spacial score (nSPS) is 11.3. The molecular weight excluding hydrogens is 376 g/mol. The number of para-hydroxylation sites is 2. The fourth-order valence-corrected chi connectivity index (χ4v) is 4.11. The number of rotatable bonds is 8. The van der Waals surface area contributed by atoms with E-state index in [1.165, 1.54) is 33.6 Å². The van der Waals surface area contributed by atoms with Crippen molar-refractivity contribution >= 4 is 11.4 Å². The van der Waals surface area contributed by atoms with Crippen molar-refractivity contribution in [3.8, 4) is 0 Å². The molecule has 0 spiro atoms. The van der Waals surface area contributed by atoms with Crippen LogP contribution in [0.15, 0.2) is 53.5 Å². The summed E-state index contributed by atoms with van der Waals surface area (Å²) in [6.45, 7) is 22.2. The summed E-state index contributed by atoms with van der Waals surface area (Å²) < 4.78 is 0. The number of hydrogen-bond donors (Lipinski definition) is 2. The molecule has 2 aromatic carbocycles. The van der Waals surface area contributed by atoms with Gasteiger partial charge < -0.3 is 10.6 Å². The second-order valence-electron chi connectivity index (χ2n) is 9.87. The molecule has 2 heteroatoms. The van der Waals surface area contributed by atoms with Crippen LogP contribution in [0.1, 0.15) is 115 Å². The summed E-state index contributed by atoms with van der Waals surface area (Å²) in [6, 6.07) is 13.3. The van der Waals surface area contributed by atoms with Crippen LogP contribution in [0.5, 0.6) is 0 Å². The minimum atomic E-state index is 0.462. The standard InChI is InChI=1S/C29H42N2/c1-18(2)24-13-11-14-25(19(3)4)28(24)30-22(9)17-23(10)31-29-26(20(5)6)15-12-16-27(29)21(7)8/h11-16,18-21,30-31H,1-10H3. The molecule has 0 amide bonds. The van der Waals surface area contributed by atoms with Gasteiger partial charge in [0.25, 0.3) is 0 Å². The number of anilines is 2. The van der Waals surface area contributed by atoms with E-state index in [9.17, 15) is 0 Å². The molecule has 0 aromatic heterocycles. The third kappa shape index (κ3) is 6.28. The van der Waals surface area contributed by atoms with Crippen LogP contribution in [0.2, 0.25) is 0 Å². The van der Waals surface area contributed by atoms with Gasteiger partial charge in [0.05, 0.1) is 11.4 Å². The van der Waals surface area contributed by atoms with E-state index in [4.69, 9.17) is 0 Å². The molecule has 2 rings (SSSR count). The Morgan fingerprint density at radius 3 is 1.03 bits per heavy atom. The molecule has 0 heterocycles. The van der Waals surface area contributed by atoms with Gasteiger partial charge in [-0.15, -0.1) is 0 Å². The van der Waals surface area contributed by atoms with Crippen molar-refractivity contribution in [2.75, 3.05) is 10.6 Å². The van der Waals surface area contributed by atoms with Gasteiger partial charge >= 0.3 is 0 Å². The summed E-state index contributed by atoms with van der Waals surface area (Å²) in [5.74, 6) is 1.85. The first kappa shape index (κ1) is 24.8. The van der Waals surface area contributed by atoms with Crippen LogP contribution in [0, 0.1) is 0 Å². The third-order valence-corrected chi connectivity index (χ3v) is 5.75. The summed E-state index contributed by atoms with van der Waals surface area (Å²) in [5.41, 5.74) is 13.5. The molecule has 2 N–H and O–H groups in total. The molecule has 0 aliphatic carbocycles. The predicted octanol–water partition coefficient (Wildman–Crippen LogP) is 9.11. The lowest BCUT2D eigenvalue weighted by Crippen LogP contribution is -2.07. The van der Waals surface area contributed by atoms with E-state index in [1.807, 2.05) is 0 Å². The lowest BCUT2D eigenvalue weighted by molar-refractivity contribution is 0.836. The van der Waals surface area contributed by atoms with Gasteiger partial charge in [0.2, 0.25) is 0 Å². The van der Waals surface area contributed by atoms with E-state index < -0.39 is 0 Å². The number of allylic oxidation sites excluding steroid dienone is 1. The molecule has 0 fully saturated rings. The van der Waals surface area contributed by atoms with Crippen molar-refractivity contribution in [1.82, 2.24) is 0 Å². The van der Waals surface area contributed by atoms with Gasteiger partial charge in [-0.2, -0.15) is 0 Å². The molecular formula is C29H42N2. The van der Waals surface area contributed by atoms with Gasteiger partial charge in [0.1, 0.15) is 0 Å². The summed E-state index contributed by atoms with van der Waals surface area (Å²) in [5, 5.41) is 7.36. The van der Waals surface area contributed by atoms with Gasteiger partial charge in [-0.25, -0.2) is 0 Å². The fourth-order valence-electron chi connectivity index (χ4n) is 4.11. The van der Waals surface area contributed by atoms with Gasteiger partial charge in [-0.1, -0.05) is 97.5 Å². The van der Waals surface area contributed by atoms with Crippen molar-refractivity contribution in [2.24, 2.45) is 0 Å². The molecule has 0 radical (unpaired) electrons. The SMILES string of the molecule is CC(=C=C(C)Nc1c(C(C)C)cccc1C(C)C)Nc1c(C(C)C)cccc1C(C)C. The van der Waals surface area contributed by atoms with E-state index in [0.717, 1.165) is 11.4 Å². The van der Waals surface area contributed by atoms with E-state index in [1.54, 1.807) is 0 Å². The van der Waals surface area contributed by atoms with Crippen LogP contribution in [-0.4, -0.2) is 0 Å². The summed E-state index contributed by atoms with van der Waals surface area (Å²) in [6.07, 6.45) is 0. The fraction of sp³-hybridized carbons (Fsp3) is 0.483. The van der Waals surface area contributed by atoms with E-state index >= 15 is 0 Å². The van der Waals surface area contributed by atoms with E-state index in [-0.39, 0.29) is 0 Å². The maximum Gasteiger partial charge on any atom is 0.0568 e. The first-order chi connectivity index (χ1) is 14.5. The van der Waals surface area contributed by atoms with Crippen molar-refractivity contribution in [1.29, 1.82) is 0 Å². The van der Waals surface area contributed by atoms with Crippen LogP contribution in [-0.2, 0) is 0 Å². The van der Waals surface area contributed by atoms with Gasteiger partial charge in [-0.05, 0) is 59.8 Å². The molecule has 0 bridgehead atoms. The largest absolute Gasteiger partial charge is 0.352 e. The quantitative estimate of drug-likeness (QED) is 0.418. The van der Waals surface area contributed by atoms with Crippen molar-refractivity contribution in [3.05, 3.63) is 75.8 Å². The van der Waals surface area contributed by atoms with Crippen molar-refractivity contribution in [3.63, 3.8) is 0 Å². The van der Waals surface area contributed by atoms with Crippen LogP contribution in [0.3, 0.4) is 0 Å². The predicted molar refractivity (Wildman–Crippen MR) is 138 cm³/mol. The van der Waals surface area contributed by atoms with Gasteiger partial charge in [0.15, 0.2) is 0 Å². The smallest absolute Gasteiger partial charge is 0.0568 e. The molecule has 0 saturated carbocycles. The van der Waals surface area contributed by atoms with Crippen molar-refractivity contribution in [2.45, 2.75) is 92.9 Å². The van der Waals surface area contributed by atoms with Crippen LogP contribution in [0.4, 0.5) is 11.4 Å². The average Bonchev–Trinajstić information content (AvgIpc) is 2.67. The Morgan fingerprint density at radius 2 is 0.806 bits per heavy atom. The number of nitrogens with one attached hydrogen (secondary N) is 2. The highest BCUT2D eigenvalue weighted by Crippen LogP contribution is 2.34. The molecule has 2 aromatic rings. The molecule has 31 heavy (non-hydrogen) atoms. The zero-order valence-corrected chi connectivity index (χ0v) is 21.3. The molecule has 0 aliphatic heterocycles. The Bertz CT molecular complexity index is 827. The second-order valence-corrected chi connectivity index (χ2v) is 9.87. The minimum absolute atomic E-state index is 0.462. The van der Waals surface area contributed by atoms with E-state index in [0.29, 0.717) is 23.7 Å². The minimum Gasteiger partial charge on any atom is -0.352 e. The van der Waals surface area contributed by atoms with Crippen LogP contribution in [0.25, 0.3) is 0 Å². The summed E-state index contributed by atoms with van der Waals surface area (Å²) in [4.78, 5) is 0. The molecule has 0 unspecified atom stereocenters. The van der Waals surface area contributed by atoms with Gasteiger partial charge in [0, 0.05) is 11.4 Å². The monoisotopic (exact) mass is 418 g/mol. The zero-order valence-electron chi connectivity index (χ0n) is 21.3. The molecule has 168 valence electrons. The maximum absolute atomic E-state index is 3.68. The van der Waals surface area contributed by atoms with Crippen LogP contribution >= 0.6 is 0 Å². The topological polar surface area (TPSA) is 24.1 Å². The molecule has 0 saturated heterocycles. The Balaban J connectivity index is 2.47. The summed E-state index contributed by atoms with van der Waals surface area (Å²) in [7, 11) is 0. The van der Waals surface area contributed by atoms with Crippen molar-refractivity contribution < 1.29 is 0 Å². The highest BCUT2D eigenvalue weighted by atomic mass is 14.9. The van der Waals surface area contributed by atoms with Crippen LogP contribution < -0.4 is 10.6 Å². The number of benzene rings is 2. The Labute approximate surface area is 190 Å². The Morgan fingerprint density at radius 1 is 0.548 bits per heavy atom. The van der Waals surface area contributed by atoms with E-state index in [2.05, 4.69) is 122 Å². The Hall–Kier alpha value is -2.44. The highest BCUT2D eigenvalue weighted by Gasteiger charge is 2.15. The molecule has 2 nitrogen and oxygen atoms in total. The highest BCUT2D eigenvalue weighted by molar-refractivity contribution is 5.64. The molecule has 0 aliphatic rings. The second kappa shape index (κ2) is 10.7. The number of hydrogen-bond acceptors (Lipinski definition) is 2. The first-order valence-electron chi connectivity index (χ1n) is 11.8. The molecule has 0 atom stereocenters.